The number of nitro benzene ring substituents is 1. The Bertz CT molecular complexity index is 1310. The van der Waals surface area contributed by atoms with Crippen LogP contribution in [0.4, 0.5) is 5.69 Å². The molecule has 1 heterocycles. The predicted octanol–water partition coefficient (Wildman–Crippen LogP) is 4.38. The molecule has 0 amide bonds. The van der Waals surface area contributed by atoms with Gasteiger partial charge in [-0.05, 0) is 32.4 Å². The average molecular weight is 444 g/mol. The van der Waals surface area contributed by atoms with Crippen LogP contribution in [0.5, 0.6) is 0 Å². The summed E-state index contributed by atoms with van der Waals surface area (Å²) in [5.41, 5.74) is 3.00. The first-order valence-corrected chi connectivity index (χ1v) is 10.2. The number of nitro groups is 1. The number of nitrogens with zero attached hydrogens (tertiary/aromatic N) is 4. The van der Waals surface area contributed by atoms with E-state index in [-0.39, 0.29) is 36.0 Å². The van der Waals surface area contributed by atoms with Gasteiger partial charge in [-0.1, -0.05) is 41.1 Å². The van der Waals surface area contributed by atoms with E-state index in [1.165, 1.54) is 16.8 Å². The standard InChI is InChI=1S/C24H20N4O5/c1-15(2)7-12-21-22(29)19-5-3-4-6-20(19)23(30)24(21)33-14-16-13-27(26-25-16)17-8-10-18(11-9-17)28(31)32/h3-11,13H,12,14H2,1-2H3. The molecule has 0 spiro atoms. The topological polar surface area (TPSA) is 117 Å². The first-order valence-electron chi connectivity index (χ1n) is 10.2. The minimum atomic E-state index is -0.481. The molecule has 2 aromatic carbocycles. The maximum absolute atomic E-state index is 13.1. The number of aromatic nitrogens is 3. The van der Waals surface area contributed by atoms with Crippen molar-refractivity contribution in [3.8, 4) is 5.69 Å². The van der Waals surface area contributed by atoms with E-state index in [0.717, 1.165) is 5.57 Å². The fourth-order valence-electron chi connectivity index (χ4n) is 3.41. The van der Waals surface area contributed by atoms with Crippen LogP contribution in [0.25, 0.3) is 5.69 Å². The number of carbonyl (C=O) groups is 2. The summed E-state index contributed by atoms with van der Waals surface area (Å²) in [6.07, 6.45) is 3.76. The molecule has 1 aliphatic carbocycles. The second kappa shape index (κ2) is 8.99. The number of ketones is 2. The monoisotopic (exact) mass is 444 g/mol. The first kappa shape index (κ1) is 21.8. The van der Waals surface area contributed by atoms with E-state index in [1.807, 2.05) is 19.9 Å². The molecule has 1 aliphatic rings. The number of benzene rings is 2. The highest BCUT2D eigenvalue weighted by Gasteiger charge is 2.33. The highest BCUT2D eigenvalue weighted by atomic mass is 16.6. The van der Waals surface area contributed by atoms with E-state index in [0.29, 0.717) is 28.1 Å². The van der Waals surface area contributed by atoms with Crippen molar-refractivity contribution in [1.82, 2.24) is 15.0 Å². The Hall–Kier alpha value is -4.40. The third-order valence-corrected chi connectivity index (χ3v) is 5.12. The Morgan fingerprint density at radius 3 is 2.36 bits per heavy atom. The van der Waals surface area contributed by atoms with Crippen molar-refractivity contribution in [2.45, 2.75) is 26.9 Å². The van der Waals surface area contributed by atoms with Crippen LogP contribution in [0.15, 0.2) is 77.7 Å². The molecular formula is C24H20N4O5. The van der Waals surface area contributed by atoms with E-state index in [1.54, 1.807) is 42.6 Å². The average Bonchev–Trinajstić information content (AvgIpc) is 3.28. The molecule has 9 nitrogen and oxygen atoms in total. The van der Waals surface area contributed by atoms with Crippen molar-refractivity contribution in [2.75, 3.05) is 0 Å². The maximum Gasteiger partial charge on any atom is 0.269 e. The van der Waals surface area contributed by atoms with E-state index < -0.39 is 4.92 Å². The zero-order valence-corrected chi connectivity index (χ0v) is 18.0. The van der Waals surface area contributed by atoms with Crippen LogP contribution in [0, 0.1) is 10.1 Å². The van der Waals surface area contributed by atoms with Gasteiger partial charge in [0.2, 0.25) is 5.78 Å². The second-order valence-corrected chi connectivity index (χ2v) is 7.71. The molecule has 0 bridgehead atoms. The molecule has 0 aliphatic heterocycles. The normalized spacial score (nSPS) is 13.0. The van der Waals surface area contributed by atoms with Gasteiger partial charge < -0.3 is 4.74 Å². The number of Topliss-reactive ketones (excluding diaryl/α,β-unsaturated/α-hetero) is 2. The zero-order valence-electron chi connectivity index (χ0n) is 18.0. The van der Waals surface area contributed by atoms with E-state index in [2.05, 4.69) is 10.3 Å². The number of hydrogen-bond acceptors (Lipinski definition) is 7. The molecule has 166 valence electrons. The summed E-state index contributed by atoms with van der Waals surface area (Å²) in [5, 5.41) is 18.9. The second-order valence-electron chi connectivity index (χ2n) is 7.71. The van der Waals surface area contributed by atoms with Crippen molar-refractivity contribution < 1.29 is 19.2 Å². The fourth-order valence-corrected chi connectivity index (χ4v) is 3.41. The Morgan fingerprint density at radius 2 is 1.73 bits per heavy atom. The molecule has 0 atom stereocenters. The predicted molar refractivity (Wildman–Crippen MR) is 119 cm³/mol. The molecule has 0 radical (unpaired) electrons. The lowest BCUT2D eigenvalue weighted by Crippen LogP contribution is -2.23. The molecule has 4 rings (SSSR count). The quantitative estimate of drug-likeness (QED) is 0.301. The fraction of sp³-hybridized carbons (Fsp3) is 0.167. The van der Waals surface area contributed by atoms with Gasteiger partial charge in [0.25, 0.3) is 5.69 Å². The Morgan fingerprint density at radius 1 is 1.06 bits per heavy atom. The van der Waals surface area contributed by atoms with Crippen LogP contribution in [0.2, 0.25) is 0 Å². The molecule has 0 saturated carbocycles. The van der Waals surface area contributed by atoms with Gasteiger partial charge in [0.1, 0.15) is 12.3 Å². The molecule has 3 aromatic rings. The van der Waals surface area contributed by atoms with Gasteiger partial charge in [-0.15, -0.1) is 5.10 Å². The molecule has 0 fully saturated rings. The third-order valence-electron chi connectivity index (χ3n) is 5.12. The van der Waals surface area contributed by atoms with E-state index >= 15 is 0 Å². The summed E-state index contributed by atoms with van der Waals surface area (Å²) < 4.78 is 7.28. The van der Waals surface area contributed by atoms with Crippen molar-refractivity contribution in [3.63, 3.8) is 0 Å². The summed E-state index contributed by atoms with van der Waals surface area (Å²) in [5.74, 6) is -0.557. The summed E-state index contributed by atoms with van der Waals surface area (Å²) in [4.78, 5) is 36.5. The van der Waals surface area contributed by atoms with E-state index in [4.69, 9.17) is 4.74 Å². The largest absolute Gasteiger partial charge is 0.483 e. The minimum Gasteiger partial charge on any atom is -0.483 e. The number of rotatable bonds is 7. The number of non-ortho nitro benzene ring substituents is 1. The van der Waals surface area contributed by atoms with Gasteiger partial charge in [0.15, 0.2) is 11.5 Å². The van der Waals surface area contributed by atoms with Crippen LogP contribution in [-0.4, -0.2) is 31.5 Å². The molecule has 1 aromatic heterocycles. The Labute approximate surface area is 189 Å². The van der Waals surface area contributed by atoms with Crippen molar-refractivity contribution in [1.29, 1.82) is 0 Å². The number of ether oxygens (including phenoxy) is 1. The zero-order chi connectivity index (χ0) is 23.5. The lowest BCUT2D eigenvalue weighted by Gasteiger charge is -2.20. The van der Waals surface area contributed by atoms with E-state index in [9.17, 15) is 19.7 Å². The highest BCUT2D eigenvalue weighted by molar-refractivity contribution is 6.26. The Balaban J connectivity index is 1.58. The van der Waals surface area contributed by atoms with Crippen LogP contribution in [0.1, 0.15) is 46.7 Å². The number of hydrogen-bond donors (Lipinski definition) is 0. The number of fused-ring (bicyclic) bond motifs is 1. The number of carbonyl (C=O) groups excluding carboxylic acids is 2. The van der Waals surface area contributed by atoms with Crippen LogP contribution >= 0.6 is 0 Å². The summed E-state index contributed by atoms with van der Waals surface area (Å²) in [6.45, 7) is 3.77. The highest BCUT2D eigenvalue weighted by Crippen LogP contribution is 2.30. The van der Waals surface area contributed by atoms with Gasteiger partial charge in [0, 0.05) is 23.3 Å². The molecule has 9 heteroatoms. The Kier molecular flexibility index (Phi) is 5.95. The lowest BCUT2D eigenvalue weighted by molar-refractivity contribution is -0.384. The van der Waals surface area contributed by atoms with Gasteiger partial charge in [0.05, 0.1) is 22.4 Å². The maximum atomic E-state index is 13.1. The van der Waals surface area contributed by atoms with Gasteiger partial charge in [-0.25, -0.2) is 4.68 Å². The molecule has 0 N–H and O–H groups in total. The molecular weight excluding hydrogens is 424 g/mol. The van der Waals surface area contributed by atoms with Crippen LogP contribution in [-0.2, 0) is 11.3 Å². The smallest absolute Gasteiger partial charge is 0.269 e. The first-order chi connectivity index (χ1) is 15.8. The van der Waals surface area contributed by atoms with Gasteiger partial charge in [-0.3, -0.25) is 19.7 Å². The molecule has 33 heavy (non-hydrogen) atoms. The summed E-state index contributed by atoms with van der Waals surface area (Å²) in [7, 11) is 0. The van der Waals surface area contributed by atoms with Crippen LogP contribution in [0.3, 0.4) is 0 Å². The molecule has 0 unspecified atom stereocenters. The van der Waals surface area contributed by atoms with Gasteiger partial charge >= 0.3 is 0 Å². The lowest BCUT2D eigenvalue weighted by atomic mass is 9.86. The third kappa shape index (κ3) is 4.47. The summed E-state index contributed by atoms with van der Waals surface area (Å²) in [6, 6.07) is 12.5. The van der Waals surface area contributed by atoms with Crippen molar-refractivity contribution in [2.24, 2.45) is 0 Å². The summed E-state index contributed by atoms with van der Waals surface area (Å²) >= 11 is 0. The van der Waals surface area contributed by atoms with Crippen LogP contribution < -0.4 is 0 Å². The van der Waals surface area contributed by atoms with Crippen molar-refractivity contribution in [3.05, 3.63) is 105 Å². The number of allylic oxidation sites excluding steroid dienone is 4. The van der Waals surface area contributed by atoms with Gasteiger partial charge in [-0.2, -0.15) is 0 Å². The SMILES string of the molecule is CC(C)=CCC1=C(OCc2cn(-c3ccc([N+](=O)[O-])cc3)nn2)C(=O)c2ccccc2C1=O. The minimum absolute atomic E-state index is 0.0149. The van der Waals surface area contributed by atoms with Crippen molar-refractivity contribution >= 4 is 17.3 Å². The molecule has 0 saturated heterocycles.